The Morgan fingerprint density at radius 1 is 1.04 bits per heavy atom. The second kappa shape index (κ2) is 7.70. The number of unbranched alkanes of at least 4 members (excludes halogenated alkanes) is 1. The van der Waals surface area contributed by atoms with Crippen molar-refractivity contribution in [1.82, 2.24) is 0 Å². The van der Waals surface area contributed by atoms with Crippen molar-refractivity contribution in [1.29, 1.82) is 0 Å². The van der Waals surface area contributed by atoms with Gasteiger partial charge in [-0.2, -0.15) is 26.3 Å². The van der Waals surface area contributed by atoms with E-state index in [9.17, 15) is 31.1 Å². The van der Waals surface area contributed by atoms with Crippen LogP contribution in [0.4, 0.5) is 26.3 Å². The molecule has 0 unspecified atom stereocenters. The first-order valence-corrected chi connectivity index (χ1v) is 6.98. The topological polar surface area (TPSA) is 26.3 Å². The molecule has 2 nitrogen and oxygen atoms in total. The van der Waals surface area contributed by atoms with Crippen LogP contribution in [0.2, 0.25) is 0 Å². The predicted octanol–water partition coefficient (Wildman–Crippen LogP) is 5.00. The molecule has 23 heavy (non-hydrogen) atoms. The quantitative estimate of drug-likeness (QED) is 0.413. The number of benzene rings is 1. The Balaban J connectivity index is 2.80. The number of rotatable bonds is 6. The average molecular weight is 342 g/mol. The molecule has 0 N–H and O–H groups in total. The second-order valence-electron chi connectivity index (χ2n) is 4.88. The molecule has 8 heteroatoms. The van der Waals surface area contributed by atoms with Crippen molar-refractivity contribution in [3.8, 4) is 0 Å². The van der Waals surface area contributed by atoms with Crippen LogP contribution in [0.3, 0.4) is 0 Å². The van der Waals surface area contributed by atoms with E-state index in [-0.39, 0.29) is 37.5 Å². The molecule has 0 aliphatic heterocycles. The van der Waals surface area contributed by atoms with Gasteiger partial charge in [-0.15, -0.1) is 0 Å². The van der Waals surface area contributed by atoms with Crippen LogP contribution in [0.15, 0.2) is 18.2 Å². The Morgan fingerprint density at radius 2 is 1.70 bits per heavy atom. The van der Waals surface area contributed by atoms with Crippen molar-refractivity contribution >= 4 is 5.97 Å². The van der Waals surface area contributed by atoms with Crippen molar-refractivity contribution < 1.29 is 35.9 Å². The van der Waals surface area contributed by atoms with Gasteiger partial charge in [-0.1, -0.05) is 6.07 Å². The van der Waals surface area contributed by atoms with Gasteiger partial charge in [-0.3, -0.25) is 4.79 Å². The van der Waals surface area contributed by atoms with Crippen molar-refractivity contribution in [3.05, 3.63) is 34.9 Å². The van der Waals surface area contributed by atoms with E-state index in [2.05, 4.69) is 4.74 Å². The lowest BCUT2D eigenvalue weighted by Gasteiger charge is -2.16. The summed E-state index contributed by atoms with van der Waals surface area (Å²) in [4.78, 5) is 11.1. The van der Waals surface area contributed by atoms with Crippen LogP contribution in [0, 0.1) is 0 Å². The van der Waals surface area contributed by atoms with E-state index in [1.807, 2.05) is 0 Å². The number of carbonyl (C=O) groups is 1. The SMILES string of the molecule is CCOC(=O)CCCCc1ccc(C(F)(F)F)cc1C(F)(F)F. The molecule has 0 aliphatic carbocycles. The standard InChI is InChI=1S/C15H16F6O2/c1-2-23-13(22)6-4-3-5-10-7-8-11(14(16,17)18)9-12(10)15(19,20)21/h7-9H,2-6H2,1H3. The van der Waals surface area contributed by atoms with Crippen LogP contribution in [-0.4, -0.2) is 12.6 Å². The molecular weight excluding hydrogens is 326 g/mol. The van der Waals surface area contributed by atoms with E-state index in [1.165, 1.54) is 0 Å². The number of carbonyl (C=O) groups excluding carboxylic acids is 1. The van der Waals surface area contributed by atoms with Crippen LogP contribution >= 0.6 is 0 Å². The van der Waals surface area contributed by atoms with Gasteiger partial charge in [-0.25, -0.2) is 0 Å². The Bertz CT molecular complexity index is 534. The molecule has 0 saturated carbocycles. The van der Waals surface area contributed by atoms with Gasteiger partial charge in [0.15, 0.2) is 0 Å². The number of esters is 1. The van der Waals surface area contributed by atoms with Gasteiger partial charge in [0, 0.05) is 6.42 Å². The largest absolute Gasteiger partial charge is 0.466 e. The first-order chi connectivity index (χ1) is 10.6. The molecule has 0 amide bonds. The third-order valence-corrected chi connectivity index (χ3v) is 3.12. The van der Waals surface area contributed by atoms with E-state index in [0.717, 1.165) is 6.07 Å². The molecule has 1 aromatic carbocycles. The molecule has 0 atom stereocenters. The first kappa shape index (κ1) is 19.3. The van der Waals surface area contributed by atoms with Crippen LogP contribution in [-0.2, 0) is 28.3 Å². The predicted molar refractivity (Wildman–Crippen MR) is 70.6 cm³/mol. The highest BCUT2D eigenvalue weighted by molar-refractivity contribution is 5.69. The lowest BCUT2D eigenvalue weighted by Crippen LogP contribution is -2.13. The van der Waals surface area contributed by atoms with E-state index < -0.39 is 29.4 Å². The fourth-order valence-corrected chi connectivity index (χ4v) is 2.05. The Kier molecular flexibility index (Phi) is 6.47. The Hall–Kier alpha value is -1.73. The molecule has 0 spiro atoms. The van der Waals surface area contributed by atoms with Gasteiger partial charge in [0.05, 0.1) is 17.7 Å². The fourth-order valence-electron chi connectivity index (χ4n) is 2.05. The molecule has 1 aromatic rings. The molecule has 0 saturated heterocycles. The summed E-state index contributed by atoms with van der Waals surface area (Å²) in [6, 6.07) is 1.60. The average Bonchev–Trinajstić information content (AvgIpc) is 2.42. The molecule has 130 valence electrons. The lowest BCUT2D eigenvalue weighted by molar-refractivity contribution is -0.144. The highest BCUT2D eigenvalue weighted by Crippen LogP contribution is 2.37. The molecule has 0 bridgehead atoms. The maximum absolute atomic E-state index is 12.9. The van der Waals surface area contributed by atoms with E-state index in [1.54, 1.807) is 6.92 Å². The van der Waals surface area contributed by atoms with Gasteiger partial charge in [-0.05, 0) is 43.9 Å². The summed E-state index contributed by atoms with van der Waals surface area (Å²) in [6.07, 6.45) is -9.15. The number of aryl methyl sites for hydroxylation is 1. The summed E-state index contributed by atoms with van der Waals surface area (Å²) in [5.41, 5.74) is -2.84. The van der Waals surface area contributed by atoms with Gasteiger partial charge in [0.25, 0.3) is 0 Å². The van der Waals surface area contributed by atoms with Crippen LogP contribution in [0.1, 0.15) is 42.9 Å². The zero-order valence-electron chi connectivity index (χ0n) is 12.4. The summed E-state index contributed by atoms with van der Waals surface area (Å²) in [6.45, 7) is 1.85. The van der Waals surface area contributed by atoms with Crippen molar-refractivity contribution in [2.24, 2.45) is 0 Å². The third-order valence-electron chi connectivity index (χ3n) is 3.12. The van der Waals surface area contributed by atoms with E-state index in [0.29, 0.717) is 12.5 Å². The summed E-state index contributed by atoms with van der Waals surface area (Å²) < 4.78 is 81.0. The molecule has 0 heterocycles. The lowest BCUT2D eigenvalue weighted by atomic mass is 9.98. The normalized spacial score (nSPS) is 12.3. The molecular formula is C15H16F6O2. The van der Waals surface area contributed by atoms with Gasteiger partial charge in [0.1, 0.15) is 0 Å². The number of hydrogen-bond acceptors (Lipinski definition) is 2. The fraction of sp³-hybridized carbons (Fsp3) is 0.533. The number of hydrogen-bond donors (Lipinski definition) is 0. The molecule has 1 rings (SSSR count). The molecule has 0 aromatic heterocycles. The van der Waals surface area contributed by atoms with Gasteiger partial charge < -0.3 is 4.74 Å². The summed E-state index contributed by atoms with van der Waals surface area (Å²) >= 11 is 0. The third kappa shape index (κ3) is 6.11. The molecule has 0 fully saturated rings. The van der Waals surface area contributed by atoms with Crippen LogP contribution in [0.5, 0.6) is 0 Å². The number of halogens is 6. The molecule has 0 aliphatic rings. The Morgan fingerprint density at radius 3 is 2.22 bits per heavy atom. The number of ether oxygens (including phenoxy) is 1. The monoisotopic (exact) mass is 342 g/mol. The van der Waals surface area contributed by atoms with Crippen molar-refractivity contribution in [3.63, 3.8) is 0 Å². The maximum atomic E-state index is 12.9. The van der Waals surface area contributed by atoms with Crippen LogP contribution in [0.25, 0.3) is 0 Å². The van der Waals surface area contributed by atoms with Gasteiger partial charge in [0.2, 0.25) is 0 Å². The summed E-state index contributed by atoms with van der Waals surface area (Å²) in [5.74, 6) is -0.448. The van der Waals surface area contributed by atoms with Crippen molar-refractivity contribution in [2.75, 3.05) is 6.61 Å². The van der Waals surface area contributed by atoms with Crippen molar-refractivity contribution in [2.45, 2.75) is 45.0 Å². The summed E-state index contributed by atoms with van der Waals surface area (Å²) in [5, 5.41) is 0. The summed E-state index contributed by atoms with van der Waals surface area (Å²) in [7, 11) is 0. The second-order valence-corrected chi connectivity index (χ2v) is 4.88. The minimum Gasteiger partial charge on any atom is -0.466 e. The smallest absolute Gasteiger partial charge is 0.416 e. The van der Waals surface area contributed by atoms with E-state index in [4.69, 9.17) is 0 Å². The maximum Gasteiger partial charge on any atom is 0.416 e. The first-order valence-electron chi connectivity index (χ1n) is 6.98. The minimum atomic E-state index is -4.86. The minimum absolute atomic E-state index is 0.0631. The number of alkyl halides is 6. The van der Waals surface area contributed by atoms with Crippen LogP contribution < -0.4 is 0 Å². The Labute approximate surface area is 129 Å². The molecule has 0 radical (unpaired) electrons. The highest BCUT2D eigenvalue weighted by Gasteiger charge is 2.37. The highest BCUT2D eigenvalue weighted by atomic mass is 19.4. The zero-order valence-corrected chi connectivity index (χ0v) is 12.4. The van der Waals surface area contributed by atoms with Gasteiger partial charge >= 0.3 is 18.3 Å². The zero-order chi connectivity index (χ0) is 17.7. The van der Waals surface area contributed by atoms with E-state index >= 15 is 0 Å².